The first kappa shape index (κ1) is 14.8. The minimum absolute atomic E-state index is 0.289. The maximum Gasteiger partial charge on any atom is 0.323 e. The Morgan fingerprint density at radius 2 is 1.39 bits per heavy atom. The SMILES string of the molecule is Cc1ccc(NC(=O)Nc2ccc(-c3ccccc3)cc2)cn1. The molecule has 0 aliphatic rings. The molecule has 114 valence electrons. The number of rotatable bonds is 3. The van der Waals surface area contributed by atoms with E-state index in [1.165, 1.54) is 0 Å². The number of carbonyl (C=O) groups excluding carboxylic acids is 1. The van der Waals surface area contributed by atoms with Crippen molar-refractivity contribution in [2.24, 2.45) is 0 Å². The minimum atomic E-state index is -0.289. The predicted octanol–water partition coefficient (Wildman–Crippen LogP) is 4.70. The van der Waals surface area contributed by atoms with Crippen LogP contribution in [-0.4, -0.2) is 11.0 Å². The zero-order valence-corrected chi connectivity index (χ0v) is 12.8. The van der Waals surface area contributed by atoms with Crippen LogP contribution in [0.4, 0.5) is 16.2 Å². The van der Waals surface area contributed by atoms with Crippen LogP contribution >= 0.6 is 0 Å². The van der Waals surface area contributed by atoms with Crippen LogP contribution in [0.15, 0.2) is 72.9 Å². The van der Waals surface area contributed by atoms with Gasteiger partial charge in [0.25, 0.3) is 0 Å². The fourth-order valence-corrected chi connectivity index (χ4v) is 2.21. The fraction of sp³-hybridized carbons (Fsp3) is 0.0526. The first-order valence-electron chi connectivity index (χ1n) is 7.37. The highest BCUT2D eigenvalue weighted by molar-refractivity contribution is 5.99. The Labute approximate surface area is 135 Å². The minimum Gasteiger partial charge on any atom is -0.308 e. The van der Waals surface area contributed by atoms with Crippen molar-refractivity contribution in [2.75, 3.05) is 10.6 Å². The number of nitrogens with zero attached hydrogens (tertiary/aromatic N) is 1. The Morgan fingerprint density at radius 3 is 2.04 bits per heavy atom. The van der Waals surface area contributed by atoms with Crippen LogP contribution in [0, 0.1) is 6.92 Å². The lowest BCUT2D eigenvalue weighted by molar-refractivity contribution is 0.262. The lowest BCUT2D eigenvalue weighted by Gasteiger charge is -2.08. The average Bonchev–Trinajstić information content (AvgIpc) is 2.58. The van der Waals surface area contributed by atoms with Crippen molar-refractivity contribution in [1.82, 2.24) is 4.98 Å². The van der Waals surface area contributed by atoms with Crippen molar-refractivity contribution in [3.8, 4) is 11.1 Å². The van der Waals surface area contributed by atoms with E-state index in [9.17, 15) is 4.79 Å². The summed E-state index contributed by atoms with van der Waals surface area (Å²) in [6.07, 6.45) is 1.63. The maximum absolute atomic E-state index is 12.0. The fourth-order valence-electron chi connectivity index (χ4n) is 2.21. The summed E-state index contributed by atoms with van der Waals surface area (Å²) in [5.74, 6) is 0. The van der Waals surface area contributed by atoms with Crippen molar-refractivity contribution in [2.45, 2.75) is 6.92 Å². The summed E-state index contributed by atoms with van der Waals surface area (Å²) in [4.78, 5) is 16.1. The van der Waals surface area contributed by atoms with Gasteiger partial charge in [-0.15, -0.1) is 0 Å². The van der Waals surface area contributed by atoms with Gasteiger partial charge in [-0.05, 0) is 42.3 Å². The van der Waals surface area contributed by atoms with E-state index in [4.69, 9.17) is 0 Å². The number of carbonyl (C=O) groups is 1. The lowest BCUT2D eigenvalue weighted by atomic mass is 10.1. The second kappa shape index (κ2) is 6.75. The van der Waals surface area contributed by atoms with Gasteiger partial charge in [-0.25, -0.2) is 4.79 Å². The highest BCUT2D eigenvalue weighted by atomic mass is 16.2. The molecule has 0 saturated carbocycles. The van der Waals surface area contributed by atoms with Crippen LogP contribution in [0.1, 0.15) is 5.69 Å². The van der Waals surface area contributed by atoms with E-state index in [0.29, 0.717) is 5.69 Å². The summed E-state index contributed by atoms with van der Waals surface area (Å²) in [5.41, 5.74) is 4.57. The molecule has 0 bridgehead atoms. The van der Waals surface area contributed by atoms with Gasteiger partial charge in [0, 0.05) is 11.4 Å². The molecule has 3 aromatic rings. The lowest BCUT2D eigenvalue weighted by Crippen LogP contribution is -2.19. The number of hydrogen-bond donors (Lipinski definition) is 2. The zero-order chi connectivity index (χ0) is 16.1. The smallest absolute Gasteiger partial charge is 0.308 e. The molecule has 0 aliphatic heterocycles. The largest absolute Gasteiger partial charge is 0.323 e. The molecule has 4 nitrogen and oxygen atoms in total. The van der Waals surface area contributed by atoms with Crippen LogP contribution in [0.25, 0.3) is 11.1 Å². The molecule has 0 saturated heterocycles. The molecule has 4 heteroatoms. The molecule has 2 N–H and O–H groups in total. The molecule has 3 rings (SSSR count). The molecule has 2 amide bonds. The van der Waals surface area contributed by atoms with Gasteiger partial charge < -0.3 is 10.6 Å². The Kier molecular flexibility index (Phi) is 4.34. The second-order valence-electron chi connectivity index (χ2n) is 5.21. The summed E-state index contributed by atoms with van der Waals surface area (Å²) >= 11 is 0. The molecular formula is C19H17N3O. The van der Waals surface area contributed by atoms with Crippen LogP contribution in [0.3, 0.4) is 0 Å². The van der Waals surface area contributed by atoms with Gasteiger partial charge in [0.05, 0.1) is 11.9 Å². The molecule has 23 heavy (non-hydrogen) atoms. The Morgan fingerprint density at radius 1 is 0.783 bits per heavy atom. The molecule has 1 heterocycles. The average molecular weight is 303 g/mol. The molecule has 0 fully saturated rings. The van der Waals surface area contributed by atoms with Crippen LogP contribution in [-0.2, 0) is 0 Å². The molecule has 1 aromatic heterocycles. The quantitative estimate of drug-likeness (QED) is 0.736. The summed E-state index contributed by atoms with van der Waals surface area (Å²) in [7, 11) is 0. The first-order chi connectivity index (χ1) is 11.2. The standard InChI is InChI=1S/C19H17N3O/c1-14-7-10-18(13-20-14)22-19(23)21-17-11-8-16(9-12-17)15-5-3-2-4-6-15/h2-13H,1H3,(H2,21,22,23). The highest BCUT2D eigenvalue weighted by Gasteiger charge is 2.03. The molecule has 0 unspecified atom stereocenters. The Hall–Kier alpha value is -3.14. The number of nitrogens with one attached hydrogen (secondary N) is 2. The first-order valence-corrected chi connectivity index (χ1v) is 7.37. The summed E-state index contributed by atoms with van der Waals surface area (Å²) in [5, 5.41) is 5.56. The maximum atomic E-state index is 12.0. The van der Waals surface area contributed by atoms with Gasteiger partial charge in [-0.2, -0.15) is 0 Å². The predicted molar refractivity (Wildman–Crippen MR) is 93.5 cm³/mol. The van der Waals surface area contributed by atoms with E-state index in [2.05, 4.69) is 27.8 Å². The molecule has 0 radical (unpaired) electrons. The van der Waals surface area contributed by atoms with Gasteiger partial charge in [-0.1, -0.05) is 42.5 Å². The summed E-state index contributed by atoms with van der Waals surface area (Å²) in [6.45, 7) is 1.90. The van der Waals surface area contributed by atoms with Gasteiger partial charge >= 0.3 is 6.03 Å². The van der Waals surface area contributed by atoms with Crippen LogP contribution < -0.4 is 10.6 Å². The molecule has 2 aromatic carbocycles. The highest BCUT2D eigenvalue weighted by Crippen LogP contribution is 2.21. The third-order valence-electron chi connectivity index (χ3n) is 3.42. The third-order valence-corrected chi connectivity index (χ3v) is 3.42. The van der Waals surface area contributed by atoms with Crippen molar-refractivity contribution in [3.05, 3.63) is 78.6 Å². The number of aryl methyl sites for hydroxylation is 1. The van der Waals surface area contributed by atoms with E-state index in [1.54, 1.807) is 6.20 Å². The van der Waals surface area contributed by atoms with Crippen LogP contribution in [0.5, 0.6) is 0 Å². The number of amides is 2. The van der Waals surface area contributed by atoms with Crippen molar-refractivity contribution in [3.63, 3.8) is 0 Å². The van der Waals surface area contributed by atoms with Gasteiger partial charge in [-0.3, -0.25) is 4.98 Å². The number of aromatic nitrogens is 1. The van der Waals surface area contributed by atoms with E-state index in [1.807, 2.05) is 61.5 Å². The zero-order valence-electron chi connectivity index (χ0n) is 12.8. The van der Waals surface area contributed by atoms with Gasteiger partial charge in [0.15, 0.2) is 0 Å². The number of benzene rings is 2. The molecule has 0 atom stereocenters. The summed E-state index contributed by atoms with van der Waals surface area (Å²) in [6, 6.07) is 21.2. The monoisotopic (exact) mass is 303 g/mol. The Bertz CT molecular complexity index is 781. The third kappa shape index (κ3) is 3.95. The van der Waals surface area contributed by atoms with Gasteiger partial charge in [0.1, 0.15) is 0 Å². The molecular weight excluding hydrogens is 286 g/mol. The topological polar surface area (TPSA) is 54.0 Å². The van der Waals surface area contributed by atoms with E-state index >= 15 is 0 Å². The normalized spacial score (nSPS) is 10.1. The van der Waals surface area contributed by atoms with Crippen molar-refractivity contribution < 1.29 is 4.79 Å². The van der Waals surface area contributed by atoms with E-state index in [-0.39, 0.29) is 6.03 Å². The molecule has 0 spiro atoms. The molecule has 0 aliphatic carbocycles. The number of urea groups is 1. The number of anilines is 2. The Balaban J connectivity index is 1.64. The van der Waals surface area contributed by atoms with Crippen molar-refractivity contribution >= 4 is 17.4 Å². The van der Waals surface area contributed by atoms with Crippen LogP contribution in [0.2, 0.25) is 0 Å². The summed E-state index contributed by atoms with van der Waals surface area (Å²) < 4.78 is 0. The van der Waals surface area contributed by atoms with Gasteiger partial charge in [0.2, 0.25) is 0 Å². The number of hydrogen-bond acceptors (Lipinski definition) is 2. The van der Waals surface area contributed by atoms with E-state index < -0.39 is 0 Å². The second-order valence-corrected chi connectivity index (χ2v) is 5.21. The number of pyridine rings is 1. The van der Waals surface area contributed by atoms with E-state index in [0.717, 1.165) is 22.5 Å². The van der Waals surface area contributed by atoms with Crippen molar-refractivity contribution in [1.29, 1.82) is 0 Å².